The van der Waals surface area contributed by atoms with Crippen LogP contribution in [0.15, 0.2) is 41.4 Å². The van der Waals surface area contributed by atoms with Crippen molar-refractivity contribution in [2.24, 2.45) is 4.99 Å². The van der Waals surface area contributed by atoms with Crippen molar-refractivity contribution in [1.29, 1.82) is 5.26 Å². The minimum Gasteiger partial charge on any atom is -0.354 e. The van der Waals surface area contributed by atoms with Crippen LogP contribution in [0.2, 0.25) is 0 Å². The molecule has 2 aromatic rings. The number of aliphatic imine (C=N–C) groups is 1. The first-order valence-electron chi connectivity index (χ1n) is 11.3. The van der Waals surface area contributed by atoms with Gasteiger partial charge in [0.2, 0.25) is 0 Å². The number of amides is 2. The van der Waals surface area contributed by atoms with Crippen molar-refractivity contribution in [2.75, 3.05) is 18.4 Å². The van der Waals surface area contributed by atoms with Gasteiger partial charge in [0.1, 0.15) is 6.07 Å². The number of carbonyl (C=O) groups excluding carboxylic acids is 2. The van der Waals surface area contributed by atoms with Crippen LogP contribution in [0, 0.1) is 11.3 Å². The third kappa shape index (κ3) is 4.67. The molecule has 168 valence electrons. The Morgan fingerprint density at radius 1 is 1.12 bits per heavy atom. The van der Waals surface area contributed by atoms with Crippen molar-refractivity contribution >= 4 is 29.1 Å². The molecule has 8 nitrogen and oxygen atoms in total. The third-order valence-electron chi connectivity index (χ3n) is 6.29. The minimum atomic E-state index is -0.385. The molecule has 1 aliphatic heterocycles. The van der Waals surface area contributed by atoms with E-state index in [9.17, 15) is 14.9 Å². The number of hydrogen-bond donors (Lipinski definition) is 4. The van der Waals surface area contributed by atoms with Crippen LogP contribution in [0.5, 0.6) is 0 Å². The molecule has 0 atom stereocenters. The maximum atomic E-state index is 12.7. The second kappa shape index (κ2) is 8.24. The lowest BCUT2D eigenvalue weighted by atomic mass is 9.99. The van der Waals surface area contributed by atoms with E-state index < -0.39 is 0 Å². The van der Waals surface area contributed by atoms with Crippen LogP contribution in [-0.4, -0.2) is 36.4 Å². The first kappa shape index (κ1) is 21.0. The molecule has 8 heteroatoms. The lowest BCUT2D eigenvalue weighted by Gasteiger charge is -2.16. The SMILES string of the molecule is CC1(NC(=O)c2cccc(Nc3c(C#N)cc(C(=O)N=C4NCCN4)cc3C3CC3)c2)CC1. The topological polar surface area (TPSA) is 118 Å². The molecule has 2 aromatic carbocycles. The van der Waals surface area contributed by atoms with Gasteiger partial charge in [-0.3, -0.25) is 9.59 Å². The zero-order chi connectivity index (χ0) is 23.0. The molecule has 1 heterocycles. The average molecular weight is 443 g/mol. The number of guanidine groups is 1. The molecular formula is C25H26N6O2. The Hall–Kier alpha value is -3.86. The number of hydrogen-bond acceptors (Lipinski definition) is 4. The number of nitrogens with one attached hydrogen (secondary N) is 4. The maximum absolute atomic E-state index is 12.7. The normalized spacial score (nSPS) is 17.9. The van der Waals surface area contributed by atoms with Crippen LogP contribution in [0.4, 0.5) is 11.4 Å². The highest BCUT2D eigenvalue weighted by atomic mass is 16.2. The maximum Gasteiger partial charge on any atom is 0.280 e. The molecule has 4 N–H and O–H groups in total. The van der Waals surface area contributed by atoms with Gasteiger partial charge < -0.3 is 21.3 Å². The Morgan fingerprint density at radius 3 is 2.55 bits per heavy atom. The van der Waals surface area contributed by atoms with Crippen molar-refractivity contribution in [3.05, 3.63) is 58.7 Å². The zero-order valence-electron chi connectivity index (χ0n) is 18.5. The molecule has 5 rings (SSSR count). The highest BCUT2D eigenvalue weighted by Crippen LogP contribution is 2.45. The average Bonchev–Trinajstić information content (AvgIpc) is 3.73. The monoisotopic (exact) mass is 442 g/mol. The molecular weight excluding hydrogens is 416 g/mol. The minimum absolute atomic E-state index is 0.0944. The van der Waals surface area contributed by atoms with Gasteiger partial charge >= 0.3 is 0 Å². The van der Waals surface area contributed by atoms with Crippen molar-refractivity contribution in [1.82, 2.24) is 16.0 Å². The quantitative estimate of drug-likeness (QED) is 0.546. The molecule has 3 fully saturated rings. The Balaban J connectivity index is 1.44. The molecule has 1 saturated heterocycles. The summed E-state index contributed by atoms with van der Waals surface area (Å²) < 4.78 is 0. The van der Waals surface area contributed by atoms with Crippen LogP contribution in [0.25, 0.3) is 0 Å². The van der Waals surface area contributed by atoms with E-state index in [4.69, 9.17) is 0 Å². The van der Waals surface area contributed by atoms with Crippen LogP contribution < -0.4 is 21.3 Å². The first-order chi connectivity index (χ1) is 15.9. The molecule has 2 saturated carbocycles. The number of rotatable bonds is 6. The van der Waals surface area contributed by atoms with Gasteiger partial charge in [-0.15, -0.1) is 0 Å². The Bertz CT molecular complexity index is 1200. The molecule has 3 aliphatic rings. The molecule has 2 aliphatic carbocycles. The van der Waals surface area contributed by atoms with Gasteiger partial charge in [0.05, 0.1) is 11.3 Å². The van der Waals surface area contributed by atoms with Crippen molar-refractivity contribution in [3.63, 3.8) is 0 Å². The van der Waals surface area contributed by atoms with Crippen LogP contribution >= 0.6 is 0 Å². The van der Waals surface area contributed by atoms with Gasteiger partial charge in [0.25, 0.3) is 11.8 Å². The molecule has 0 spiro atoms. The highest BCUT2D eigenvalue weighted by molar-refractivity contribution is 6.04. The predicted octanol–water partition coefficient (Wildman–Crippen LogP) is 3.15. The Labute approximate surface area is 192 Å². The Kier molecular flexibility index (Phi) is 5.25. The second-order valence-corrected chi connectivity index (χ2v) is 9.21. The molecule has 0 radical (unpaired) electrons. The van der Waals surface area contributed by atoms with Gasteiger partial charge in [0.15, 0.2) is 5.96 Å². The van der Waals surface area contributed by atoms with E-state index in [-0.39, 0.29) is 17.4 Å². The molecule has 0 bridgehead atoms. The summed E-state index contributed by atoms with van der Waals surface area (Å²) >= 11 is 0. The zero-order valence-corrected chi connectivity index (χ0v) is 18.5. The first-order valence-corrected chi connectivity index (χ1v) is 11.3. The standard InChI is InChI=1S/C25H26N6O2/c1-25(7-8-25)31-23(33)16-3-2-4-19(12-16)29-21-18(14-26)11-17(13-20(21)15-5-6-15)22(32)30-24-27-9-10-28-24/h2-4,11-13,15,29H,5-10H2,1H3,(H,31,33)(H2,27,28,30,32). The summed E-state index contributed by atoms with van der Waals surface area (Å²) in [7, 11) is 0. The van der Waals surface area contributed by atoms with Crippen molar-refractivity contribution in [2.45, 2.75) is 44.1 Å². The number of nitrogens with zero attached hydrogens (tertiary/aromatic N) is 2. The van der Waals surface area contributed by atoms with Gasteiger partial charge in [-0.25, -0.2) is 0 Å². The smallest absolute Gasteiger partial charge is 0.280 e. The van der Waals surface area contributed by atoms with Gasteiger partial charge in [-0.2, -0.15) is 10.3 Å². The fourth-order valence-electron chi connectivity index (χ4n) is 3.94. The van der Waals surface area contributed by atoms with Gasteiger partial charge in [-0.1, -0.05) is 6.07 Å². The van der Waals surface area contributed by atoms with E-state index >= 15 is 0 Å². The largest absolute Gasteiger partial charge is 0.354 e. The van der Waals surface area contributed by atoms with Crippen molar-refractivity contribution in [3.8, 4) is 6.07 Å². The molecule has 2 amide bonds. The van der Waals surface area contributed by atoms with E-state index in [2.05, 4.69) is 32.3 Å². The molecule has 33 heavy (non-hydrogen) atoms. The summed E-state index contributed by atoms with van der Waals surface area (Å²) in [5, 5.41) is 22.3. The number of benzene rings is 2. The third-order valence-corrected chi connectivity index (χ3v) is 6.29. The Morgan fingerprint density at radius 2 is 1.88 bits per heavy atom. The summed E-state index contributed by atoms with van der Waals surface area (Å²) in [5.74, 6) is 0.271. The van der Waals surface area contributed by atoms with E-state index in [0.717, 1.165) is 50.0 Å². The van der Waals surface area contributed by atoms with Crippen LogP contribution in [0.3, 0.4) is 0 Å². The summed E-state index contributed by atoms with van der Waals surface area (Å²) in [4.78, 5) is 29.5. The number of carbonyl (C=O) groups is 2. The van der Waals surface area contributed by atoms with Crippen LogP contribution in [-0.2, 0) is 0 Å². The lowest BCUT2D eigenvalue weighted by Crippen LogP contribution is -2.34. The summed E-state index contributed by atoms with van der Waals surface area (Å²) in [6.45, 7) is 3.49. The van der Waals surface area contributed by atoms with Crippen LogP contribution in [0.1, 0.15) is 70.4 Å². The molecule has 0 unspecified atom stereocenters. The lowest BCUT2D eigenvalue weighted by molar-refractivity contribution is 0.0934. The number of nitriles is 1. The van der Waals surface area contributed by atoms with Crippen molar-refractivity contribution < 1.29 is 9.59 Å². The van der Waals surface area contributed by atoms with E-state index in [0.29, 0.717) is 34.3 Å². The predicted molar refractivity (Wildman–Crippen MR) is 126 cm³/mol. The molecule has 0 aromatic heterocycles. The van der Waals surface area contributed by atoms with E-state index in [1.165, 1.54) is 0 Å². The summed E-state index contributed by atoms with van der Waals surface area (Å²) in [6.07, 6.45) is 4.01. The van der Waals surface area contributed by atoms with Gasteiger partial charge in [-0.05, 0) is 74.4 Å². The highest BCUT2D eigenvalue weighted by Gasteiger charge is 2.38. The summed E-state index contributed by atoms with van der Waals surface area (Å²) in [6, 6.07) is 12.9. The van der Waals surface area contributed by atoms with E-state index in [1.807, 2.05) is 25.1 Å². The number of anilines is 2. The fraction of sp³-hybridized carbons (Fsp3) is 0.360. The van der Waals surface area contributed by atoms with Gasteiger partial charge in [0, 0.05) is 35.4 Å². The fourth-order valence-corrected chi connectivity index (χ4v) is 3.94. The van der Waals surface area contributed by atoms with E-state index in [1.54, 1.807) is 18.2 Å². The summed E-state index contributed by atoms with van der Waals surface area (Å²) in [5.41, 5.74) is 3.60. The second-order valence-electron chi connectivity index (χ2n) is 9.21.